The quantitative estimate of drug-likeness (QED) is 0.515. The second-order valence-corrected chi connectivity index (χ2v) is 5.87. The molecule has 29 heavy (non-hydrogen) atoms. The molecule has 2 aromatic heterocycles. The molecule has 0 saturated carbocycles. The number of para-hydroxylation sites is 1. The predicted molar refractivity (Wildman–Crippen MR) is 101 cm³/mol. The van der Waals surface area contributed by atoms with Gasteiger partial charge in [-0.15, -0.1) is 5.10 Å². The molecule has 0 saturated heterocycles. The fourth-order valence-corrected chi connectivity index (χ4v) is 2.53. The van der Waals surface area contributed by atoms with E-state index in [4.69, 9.17) is 13.6 Å². The summed E-state index contributed by atoms with van der Waals surface area (Å²) in [6.07, 6.45) is 0. The lowest BCUT2D eigenvalue weighted by molar-refractivity contribution is -0.119. The minimum Gasteiger partial charge on any atom is -0.450 e. The van der Waals surface area contributed by atoms with E-state index >= 15 is 0 Å². The molecular formula is C20H13N3O6. The molecule has 2 heterocycles. The second-order valence-electron chi connectivity index (χ2n) is 5.87. The van der Waals surface area contributed by atoms with Crippen LogP contribution in [-0.2, 0) is 9.53 Å². The first-order chi connectivity index (χ1) is 14.1. The van der Waals surface area contributed by atoms with E-state index in [1.807, 2.05) is 18.2 Å². The lowest BCUT2D eigenvalue weighted by Gasteiger charge is -2.04. The van der Waals surface area contributed by atoms with Crippen LogP contribution in [0.4, 0.5) is 6.01 Å². The zero-order valence-electron chi connectivity index (χ0n) is 14.8. The van der Waals surface area contributed by atoms with Gasteiger partial charge in [0.15, 0.2) is 12.0 Å². The van der Waals surface area contributed by atoms with Crippen molar-refractivity contribution in [3.05, 3.63) is 76.6 Å². The smallest absolute Gasteiger partial charge is 0.374 e. The van der Waals surface area contributed by atoms with Crippen molar-refractivity contribution in [2.75, 3.05) is 11.9 Å². The van der Waals surface area contributed by atoms with Crippen LogP contribution < -0.4 is 10.7 Å². The third-order valence-electron chi connectivity index (χ3n) is 3.86. The number of amides is 1. The maximum absolute atomic E-state index is 12.1. The number of benzene rings is 2. The van der Waals surface area contributed by atoms with Crippen molar-refractivity contribution < 1.29 is 23.2 Å². The van der Waals surface area contributed by atoms with E-state index in [0.29, 0.717) is 10.9 Å². The molecule has 0 fully saturated rings. The number of nitrogens with zero attached hydrogens (tertiary/aromatic N) is 2. The van der Waals surface area contributed by atoms with Crippen molar-refractivity contribution in [3.8, 4) is 11.5 Å². The molecule has 0 unspecified atom stereocenters. The number of carbonyl (C=O) groups excluding carboxylic acids is 2. The molecule has 0 aliphatic heterocycles. The molecule has 0 spiro atoms. The molecule has 4 rings (SSSR count). The minimum atomic E-state index is -0.946. The van der Waals surface area contributed by atoms with Gasteiger partial charge in [-0.05, 0) is 24.3 Å². The van der Waals surface area contributed by atoms with E-state index in [2.05, 4.69) is 15.5 Å². The highest BCUT2D eigenvalue weighted by Gasteiger charge is 2.17. The van der Waals surface area contributed by atoms with Crippen molar-refractivity contribution in [2.45, 2.75) is 0 Å². The van der Waals surface area contributed by atoms with Crippen LogP contribution >= 0.6 is 0 Å². The van der Waals surface area contributed by atoms with Crippen LogP contribution in [0.2, 0.25) is 0 Å². The number of hydrogen-bond donors (Lipinski definition) is 1. The number of rotatable bonds is 5. The Balaban J connectivity index is 1.38. The predicted octanol–water partition coefficient (Wildman–Crippen LogP) is 2.64. The summed E-state index contributed by atoms with van der Waals surface area (Å²) in [6, 6.07) is 16.4. The molecule has 0 aliphatic carbocycles. The maximum Gasteiger partial charge on any atom is 0.374 e. The standard InChI is InChI=1S/C20H13N3O6/c24-14-10-16(28-15-9-5-4-8-13(14)15)19(26)27-11-17(25)21-20-23-22-18(29-20)12-6-2-1-3-7-12/h1-10H,11H2,(H,21,23,25). The molecule has 0 radical (unpaired) electrons. The number of hydrogen-bond acceptors (Lipinski definition) is 8. The average molecular weight is 391 g/mol. The number of fused-ring (bicyclic) bond motifs is 1. The third kappa shape index (κ3) is 4.03. The van der Waals surface area contributed by atoms with Crippen LogP contribution in [0.5, 0.6) is 0 Å². The molecule has 1 amide bonds. The molecule has 9 heteroatoms. The summed E-state index contributed by atoms with van der Waals surface area (Å²) in [4.78, 5) is 36.1. The topological polar surface area (TPSA) is 125 Å². The lowest BCUT2D eigenvalue weighted by atomic mass is 10.2. The van der Waals surface area contributed by atoms with E-state index in [-0.39, 0.29) is 28.7 Å². The summed E-state index contributed by atoms with van der Waals surface area (Å²) in [5.74, 6) is -1.70. The molecule has 1 N–H and O–H groups in total. The Morgan fingerprint density at radius 3 is 2.55 bits per heavy atom. The molecular weight excluding hydrogens is 378 g/mol. The first kappa shape index (κ1) is 18.1. The van der Waals surface area contributed by atoms with Gasteiger partial charge in [0.25, 0.3) is 5.91 Å². The van der Waals surface area contributed by atoms with Crippen molar-refractivity contribution >= 4 is 28.9 Å². The average Bonchev–Trinajstić information content (AvgIpc) is 3.21. The SMILES string of the molecule is O=C(COC(=O)c1cc(=O)c2ccccc2o1)Nc1nnc(-c2ccccc2)o1. The Kier molecular flexibility index (Phi) is 4.85. The number of aromatic nitrogens is 2. The number of ether oxygens (including phenoxy) is 1. The van der Waals surface area contributed by atoms with Gasteiger partial charge < -0.3 is 13.6 Å². The van der Waals surface area contributed by atoms with Gasteiger partial charge in [0.05, 0.1) is 5.39 Å². The van der Waals surface area contributed by atoms with Gasteiger partial charge in [0, 0.05) is 11.6 Å². The van der Waals surface area contributed by atoms with Crippen molar-refractivity contribution in [2.24, 2.45) is 0 Å². The van der Waals surface area contributed by atoms with Gasteiger partial charge >= 0.3 is 12.0 Å². The van der Waals surface area contributed by atoms with Gasteiger partial charge in [0.1, 0.15) is 5.58 Å². The van der Waals surface area contributed by atoms with Crippen LogP contribution in [0, 0.1) is 0 Å². The van der Waals surface area contributed by atoms with Crippen LogP contribution in [0.15, 0.2) is 74.3 Å². The molecule has 144 valence electrons. The van der Waals surface area contributed by atoms with E-state index in [9.17, 15) is 14.4 Å². The van der Waals surface area contributed by atoms with E-state index < -0.39 is 18.5 Å². The molecule has 4 aromatic rings. The molecule has 2 aromatic carbocycles. The fourth-order valence-electron chi connectivity index (χ4n) is 2.53. The Hall–Kier alpha value is -4.27. The largest absolute Gasteiger partial charge is 0.450 e. The monoisotopic (exact) mass is 391 g/mol. The minimum absolute atomic E-state index is 0.137. The van der Waals surface area contributed by atoms with Gasteiger partial charge in [-0.25, -0.2) is 4.79 Å². The van der Waals surface area contributed by atoms with E-state index in [1.165, 1.54) is 0 Å². The number of carbonyl (C=O) groups is 2. The highest BCUT2D eigenvalue weighted by Crippen LogP contribution is 2.19. The first-order valence-corrected chi connectivity index (χ1v) is 8.49. The van der Waals surface area contributed by atoms with Crippen molar-refractivity contribution in [3.63, 3.8) is 0 Å². The van der Waals surface area contributed by atoms with Gasteiger partial charge in [-0.1, -0.05) is 35.4 Å². The Morgan fingerprint density at radius 2 is 1.72 bits per heavy atom. The lowest BCUT2D eigenvalue weighted by Crippen LogP contribution is -2.21. The van der Waals surface area contributed by atoms with Crippen LogP contribution in [0.25, 0.3) is 22.4 Å². The Labute approximate surface area is 162 Å². The maximum atomic E-state index is 12.1. The van der Waals surface area contributed by atoms with Gasteiger partial charge in [-0.2, -0.15) is 0 Å². The summed E-state index contributed by atoms with van der Waals surface area (Å²) >= 11 is 0. The number of anilines is 1. The number of esters is 1. The zero-order valence-corrected chi connectivity index (χ0v) is 14.8. The fraction of sp³-hybridized carbons (Fsp3) is 0.0500. The van der Waals surface area contributed by atoms with Crippen LogP contribution in [-0.4, -0.2) is 28.7 Å². The van der Waals surface area contributed by atoms with E-state index in [0.717, 1.165) is 6.07 Å². The summed E-state index contributed by atoms with van der Waals surface area (Å²) in [7, 11) is 0. The highest BCUT2D eigenvalue weighted by molar-refractivity contribution is 5.94. The molecule has 0 aliphatic rings. The van der Waals surface area contributed by atoms with Gasteiger partial charge in [-0.3, -0.25) is 14.9 Å². The van der Waals surface area contributed by atoms with E-state index in [1.54, 1.807) is 36.4 Å². The van der Waals surface area contributed by atoms with Crippen molar-refractivity contribution in [1.82, 2.24) is 10.2 Å². The van der Waals surface area contributed by atoms with Crippen LogP contribution in [0.1, 0.15) is 10.6 Å². The normalized spacial score (nSPS) is 10.6. The molecule has 0 atom stereocenters. The highest BCUT2D eigenvalue weighted by atomic mass is 16.5. The van der Waals surface area contributed by atoms with Gasteiger partial charge in [0.2, 0.25) is 11.7 Å². The Morgan fingerprint density at radius 1 is 0.966 bits per heavy atom. The number of nitrogens with one attached hydrogen (secondary N) is 1. The first-order valence-electron chi connectivity index (χ1n) is 8.49. The zero-order chi connectivity index (χ0) is 20.2. The Bertz CT molecular complexity index is 1250. The summed E-state index contributed by atoms with van der Waals surface area (Å²) in [5, 5.41) is 10.2. The third-order valence-corrected chi connectivity index (χ3v) is 3.86. The van der Waals surface area contributed by atoms with Crippen LogP contribution in [0.3, 0.4) is 0 Å². The van der Waals surface area contributed by atoms with Crippen molar-refractivity contribution in [1.29, 1.82) is 0 Å². The molecule has 0 bridgehead atoms. The summed E-state index contributed by atoms with van der Waals surface area (Å²) in [6.45, 7) is -0.627. The second kappa shape index (κ2) is 7.77. The summed E-state index contributed by atoms with van der Waals surface area (Å²) < 4.78 is 15.6. The summed E-state index contributed by atoms with van der Waals surface area (Å²) in [5.41, 5.74) is 0.552. The molecule has 9 nitrogen and oxygen atoms in total.